The van der Waals surface area contributed by atoms with Crippen molar-refractivity contribution in [2.45, 2.75) is 6.18 Å². The van der Waals surface area contributed by atoms with E-state index in [2.05, 4.69) is 26.3 Å². The highest BCUT2D eigenvalue weighted by Crippen LogP contribution is 2.26. The summed E-state index contributed by atoms with van der Waals surface area (Å²) in [6, 6.07) is 0. The Bertz CT molecular complexity index is 406. The van der Waals surface area contributed by atoms with Crippen molar-refractivity contribution >= 4 is 0 Å². The third-order valence-corrected chi connectivity index (χ3v) is 1.79. The van der Waals surface area contributed by atoms with Crippen LogP contribution in [0.3, 0.4) is 0 Å². The van der Waals surface area contributed by atoms with Crippen molar-refractivity contribution in [1.29, 1.82) is 0 Å². The fourth-order valence-electron chi connectivity index (χ4n) is 0.754. The maximum Gasteiger partial charge on any atom is 0.415 e. The van der Waals surface area contributed by atoms with Crippen LogP contribution in [0.4, 0.5) is 17.6 Å². The molecule has 0 amide bonds. The van der Waals surface area contributed by atoms with Crippen LogP contribution < -0.4 is 0 Å². The van der Waals surface area contributed by atoms with Gasteiger partial charge in [-0.05, 0) is 11.6 Å². The first-order valence-corrected chi connectivity index (χ1v) is 4.51. The molecule has 0 bridgehead atoms. The highest BCUT2D eigenvalue weighted by Gasteiger charge is 2.29. The van der Waals surface area contributed by atoms with E-state index in [1.165, 1.54) is 6.08 Å². The maximum absolute atomic E-state index is 13.2. The van der Waals surface area contributed by atoms with Gasteiger partial charge in [0.05, 0.1) is 0 Å². The van der Waals surface area contributed by atoms with Crippen molar-refractivity contribution in [1.82, 2.24) is 0 Å². The van der Waals surface area contributed by atoms with E-state index in [1.807, 2.05) is 0 Å². The molecule has 0 aromatic carbocycles. The first-order chi connectivity index (χ1) is 7.70. The fraction of sp³-hybridized carbons (Fsp3) is 0.0769. The number of hydrogen-bond donors (Lipinski definition) is 0. The number of alkyl halides is 3. The summed E-state index contributed by atoms with van der Waals surface area (Å²) in [6.45, 7) is 12.9. The van der Waals surface area contributed by atoms with Gasteiger partial charge in [-0.15, -0.1) is 0 Å². The molecule has 0 atom stereocenters. The molecule has 0 saturated carbocycles. The Labute approximate surface area is 97.6 Å². The first kappa shape index (κ1) is 15.2. The lowest BCUT2D eigenvalue weighted by Gasteiger charge is -2.06. The predicted molar refractivity (Wildman–Crippen MR) is 62.0 cm³/mol. The van der Waals surface area contributed by atoms with Crippen LogP contribution in [0.25, 0.3) is 0 Å². The van der Waals surface area contributed by atoms with Crippen molar-refractivity contribution in [2.24, 2.45) is 0 Å². The van der Waals surface area contributed by atoms with Crippen molar-refractivity contribution in [3.8, 4) is 0 Å². The molecule has 0 N–H and O–H groups in total. The molecule has 17 heavy (non-hydrogen) atoms. The van der Waals surface area contributed by atoms with Gasteiger partial charge in [0.2, 0.25) is 0 Å². The molecule has 0 aromatic heterocycles. The van der Waals surface area contributed by atoms with E-state index in [4.69, 9.17) is 0 Å². The Hall–Kier alpha value is -1.84. The smallest absolute Gasteiger partial charge is 0.206 e. The van der Waals surface area contributed by atoms with Crippen LogP contribution in [0.1, 0.15) is 0 Å². The van der Waals surface area contributed by atoms with Gasteiger partial charge in [0, 0.05) is 11.1 Å². The average molecular weight is 244 g/mol. The van der Waals surface area contributed by atoms with Crippen LogP contribution in [0.15, 0.2) is 73.2 Å². The van der Waals surface area contributed by atoms with Gasteiger partial charge in [-0.25, -0.2) is 4.39 Å². The SMILES string of the molecule is C=C/C=C(/F)C(=C)C(=C)/C=C\C(=C)C(F)(F)F. The number of rotatable bonds is 5. The highest BCUT2D eigenvalue weighted by molar-refractivity contribution is 5.47. The van der Waals surface area contributed by atoms with Crippen molar-refractivity contribution < 1.29 is 17.6 Å². The zero-order chi connectivity index (χ0) is 13.6. The van der Waals surface area contributed by atoms with Crippen LogP contribution >= 0.6 is 0 Å². The third-order valence-electron chi connectivity index (χ3n) is 1.79. The number of allylic oxidation sites excluding steroid dienone is 8. The van der Waals surface area contributed by atoms with Crippen LogP contribution in [0.5, 0.6) is 0 Å². The van der Waals surface area contributed by atoms with Gasteiger partial charge in [0.25, 0.3) is 0 Å². The van der Waals surface area contributed by atoms with E-state index < -0.39 is 17.6 Å². The van der Waals surface area contributed by atoms with Gasteiger partial charge in [0.15, 0.2) is 0 Å². The summed E-state index contributed by atoms with van der Waals surface area (Å²) in [5.41, 5.74) is -1.11. The summed E-state index contributed by atoms with van der Waals surface area (Å²) >= 11 is 0. The molecular weight excluding hydrogens is 232 g/mol. The Kier molecular flexibility index (Phi) is 5.38. The molecule has 0 saturated heterocycles. The number of hydrogen-bond acceptors (Lipinski definition) is 0. The van der Waals surface area contributed by atoms with Crippen LogP contribution in [-0.4, -0.2) is 6.18 Å². The van der Waals surface area contributed by atoms with Crippen molar-refractivity contribution in [3.63, 3.8) is 0 Å². The summed E-state index contributed by atoms with van der Waals surface area (Å²) < 4.78 is 49.4. The molecule has 0 fully saturated rings. The van der Waals surface area contributed by atoms with Gasteiger partial charge in [0.1, 0.15) is 5.83 Å². The first-order valence-electron chi connectivity index (χ1n) is 4.51. The van der Waals surface area contributed by atoms with E-state index >= 15 is 0 Å². The minimum Gasteiger partial charge on any atom is -0.206 e. The molecule has 4 heteroatoms. The van der Waals surface area contributed by atoms with Gasteiger partial charge in [-0.1, -0.05) is 44.5 Å². The molecule has 0 aliphatic rings. The fourth-order valence-corrected chi connectivity index (χ4v) is 0.754. The highest BCUT2D eigenvalue weighted by atomic mass is 19.4. The second-order valence-corrected chi connectivity index (χ2v) is 3.11. The Balaban J connectivity index is 4.73. The Morgan fingerprint density at radius 1 is 1.00 bits per heavy atom. The molecule has 92 valence electrons. The lowest BCUT2D eigenvalue weighted by molar-refractivity contribution is -0.0878. The lowest BCUT2D eigenvalue weighted by Crippen LogP contribution is -2.08. The Morgan fingerprint density at radius 2 is 1.53 bits per heavy atom. The summed E-state index contributed by atoms with van der Waals surface area (Å²) in [4.78, 5) is 0. The minimum atomic E-state index is -4.51. The molecule has 0 aliphatic heterocycles. The second kappa shape index (κ2) is 6.03. The van der Waals surface area contributed by atoms with E-state index in [0.717, 1.165) is 12.2 Å². The zero-order valence-electron chi connectivity index (χ0n) is 9.15. The van der Waals surface area contributed by atoms with Crippen molar-refractivity contribution in [2.75, 3.05) is 0 Å². The predicted octanol–water partition coefficient (Wildman–Crippen LogP) is 4.81. The lowest BCUT2D eigenvalue weighted by atomic mass is 10.1. The molecule has 0 radical (unpaired) electrons. The molecule has 0 rings (SSSR count). The molecule has 0 nitrogen and oxygen atoms in total. The monoisotopic (exact) mass is 244 g/mol. The third kappa shape index (κ3) is 5.15. The van der Waals surface area contributed by atoms with Crippen LogP contribution in [0.2, 0.25) is 0 Å². The summed E-state index contributed by atoms with van der Waals surface area (Å²) in [5.74, 6) is -0.702. The van der Waals surface area contributed by atoms with E-state index in [1.54, 1.807) is 0 Å². The molecule has 0 spiro atoms. The molecule has 0 aromatic rings. The van der Waals surface area contributed by atoms with Crippen molar-refractivity contribution in [3.05, 3.63) is 73.2 Å². The number of halogens is 4. The second-order valence-electron chi connectivity index (χ2n) is 3.11. The summed E-state index contributed by atoms with van der Waals surface area (Å²) in [7, 11) is 0. The molecule has 0 aliphatic carbocycles. The normalized spacial score (nSPS) is 12.6. The zero-order valence-corrected chi connectivity index (χ0v) is 9.15. The standard InChI is InChI=1S/C13H12F4/c1-5-6-12(14)11(4)9(2)7-8-10(3)13(15,16)17/h5-8H,1-4H2/b8-7-,12-6+. The molecular formula is C13H12F4. The maximum atomic E-state index is 13.2. The van der Waals surface area contributed by atoms with Gasteiger partial charge < -0.3 is 0 Å². The van der Waals surface area contributed by atoms with Gasteiger partial charge in [-0.2, -0.15) is 13.2 Å². The van der Waals surface area contributed by atoms with E-state index in [9.17, 15) is 17.6 Å². The molecule has 0 heterocycles. The summed E-state index contributed by atoms with van der Waals surface area (Å²) in [5, 5.41) is 0. The Morgan fingerprint density at radius 3 is 1.94 bits per heavy atom. The average Bonchev–Trinajstić information content (AvgIpc) is 2.23. The van der Waals surface area contributed by atoms with Crippen LogP contribution in [-0.2, 0) is 0 Å². The van der Waals surface area contributed by atoms with Gasteiger partial charge >= 0.3 is 6.18 Å². The minimum absolute atomic E-state index is 0.0333. The summed E-state index contributed by atoms with van der Waals surface area (Å²) in [6.07, 6.45) is -0.539. The topological polar surface area (TPSA) is 0 Å². The largest absolute Gasteiger partial charge is 0.415 e. The molecule has 0 unspecified atom stereocenters. The van der Waals surface area contributed by atoms with E-state index in [0.29, 0.717) is 6.08 Å². The quantitative estimate of drug-likeness (QED) is 0.480. The van der Waals surface area contributed by atoms with Gasteiger partial charge in [-0.3, -0.25) is 0 Å². The van der Waals surface area contributed by atoms with Crippen LogP contribution in [0, 0.1) is 0 Å². The van der Waals surface area contributed by atoms with E-state index in [-0.39, 0.29) is 11.1 Å².